The van der Waals surface area contributed by atoms with Gasteiger partial charge in [0.15, 0.2) is 12.6 Å². The lowest BCUT2D eigenvalue weighted by atomic mass is 9.34. The van der Waals surface area contributed by atoms with E-state index in [2.05, 4.69) is 55.4 Å². The summed E-state index contributed by atoms with van der Waals surface area (Å²) in [6.07, 6.45) is -10.3. The van der Waals surface area contributed by atoms with Gasteiger partial charge in [0.1, 0.15) is 48.8 Å². The molecule has 9 N–H and O–H groups in total. The van der Waals surface area contributed by atoms with E-state index < -0.39 is 97.8 Å². The molecule has 4 saturated carbocycles. The van der Waals surface area contributed by atoms with Crippen LogP contribution in [0.2, 0.25) is 0 Å². The van der Waals surface area contributed by atoms with Crippen LogP contribution in [0, 0.1) is 57.2 Å². The van der Waals surface area contributed by atoms with Crippen LogP contribution >= 0.6 is 0 Å². The van der Waals surface area contributed by atoms with Gasteiger partial charge in [-0.25, -0.2) is 0 Å². The summed E-state index contributed by atoms with van der Waals surface area (Å²) in [5.41, 5.74) is 0.227. The quantitative estimate of drug-likeness (QED) is 0.139. The monoisotopic (exact) mass is 796 g/mol. The fourth-order valence-electron chi connectivity index (χ4n) is 14.2. The second-order valence-corrected chi connectivity index (χ2v) is 20.8. The summed E-state index contributed by atoms with van der Waals surface area (Å²) < 4.78 is 24.4. The maximum Gasteiger partial charge on any atom is 0.187 e. The maximum atomic E-state index is 12.4. The molecule has 5 aliphatic carbocycles. The van der Waals surface area contributed by atoms with Crippen LogP contribution in [0.5, 0.6) is 0 Å². The summed E-state index contributed by atoms with van der Waals surface area (Å²) in [7, 11) is 0. The highest BCUT2D eigenvalue weighted by atomic mass is 16.8. The molecule has 0 aromatic carbocycles. The fraction of sp³-hybridized carbons (Fsp3) is 0.953. The first-order valence-corrected chi connectivity index (χ1v) is 21.4. The van der Waals surface area contributed by atoms with Crippen LogP contribution in [-0.4, -0.2) is 138 Å². The zero-order chi connectivity index (χ0) is 41.2. The van der Waals surface area contributed by atoms with Crippen molar-refractivity contribution in [1.29, 1.82) is 0 Å². The van der Waals surface area contributed by atoms with Gasteiger partial charge in [-0.1, -0.05) is 55.4 Å². The molecule has 13 nitrogen and oxygen atoms in total. The van der Waals surface area contributed by atoms with E-state index >= 15 is 0 Å². The summed E-state index contributed by atoms with van der Waals surface area (Å²) in [6, 6.07) is 0. The minimum Gasteiger partial charge on any atom is -0.394 e. The second kappa shape index (κ2) is 14.7. The molecule has 322 valence electrons. The Bertz CT molecular complexity index is 1480. The number of hydrogen-bond acceptors (Lipinski definition) is 13. The summed E-state index contributed by atoms with van der Waals surface area (Å²) in [5, 5.41) is 98.2. The lowest BCUT2D eigenvalue weighted by Gasteiger charge is -2.71. The SMILES string of the molecule is C[C@@H]1[C@@H](C)[C@@](C)(O)C2=C3[C@@H](O)CC4[C@@]5(C)CCC(O[C@@H]6O[C@H](CO)[C@@H](O)[C@H](O)[C@H]6O[C@@H]6O[C@H](CO)[C@@H](O)[C@H](O)[C@H]6O)C(C)(C)C5CC[C@@]4(C)[C@]3(C)CCC2[C@@H]1C. The molecular weight excluding hydrogens is 724 g/mol. The number of aliphatic hydroxyl groups excluding tert-OH is 8. The van der Waals surface area contributed by atoms with Gasteiger partial charge < -0.3 is 64.9 Å². The molecule has 2 saturated heterocycles. The van der Waals surface area contributed by atoms with Crippen LogP contribution in [0.4, 0.5) is 0 Å². The first-order chi connectivity index (χ1) is 26.0. The molecule has 0 spiro atoms. The molecule has 0 aromatic heterocycles. The first-order valence-electron chi connectivity index (χ1n) is 21.4. The topological polar surface area (TPSA) is 219 Å². The van der Waals surface area contributed by atoms with E-state index in [0.717, 1.165) is 43.3 Å². The Hall–Kier alpha value is -0.780. The van der Waals surface area contributed by atoms with E-state index in [9.17, 15) is 46.0 Å². The number of rotatable bonds is 6. The highest BCUT2D eigenvalue weighted by Gasteiger charge is 2.70. The van der Waals surface area contributed by atoms with Crippen LogP contribution < -0.4 is 0 Å². The van der Waals surface area contributed by atoms with Crippen molar-refractivity contribution in [1.82, 2.24) is 0 Å². The molecule has 0 aromatic rings. The number of aliphatic hydroxyl groups is 9. The zero-order valence-corrected chi connectivity index (χ0v) is 34.9. The molecule has 2 heterocycles. The Morgan fingerprint density at radius 1 is 0.643 bits per heavy atom. The predicted octanol–water partition coefficient (Wildman–Crippen LogP) is 2.00. The minimum absolute atomic E-state index is 0.0769. The van der Waals surface area contributed by atoms with Crippen molar-refractivity contribution in [2.75, 3.05) is 13.2 Å². The van der Waals surface area contributed by atoms with Crippen molar-refractivity contribution in [3.05, 3.63) is 11.1 Å². The van der Waals surface area contributed by atoms with Crippen LogP contribution in [-0.2, 0) is 18.9 Å². The Morgan fingerprint density at radius 2 is 1.25 bits per heavy atom. The zero-order valence-electron chi connectivity index (χ0n) is 34.9. The molecule has 7 aliphatic rings. The first kappa shape index (κ1) is 43.3. The van der Waals surface area contributed by atoms with Gasteiger partial charge in [0.05, 0.1) is 31.0 Å². The largest absolute Gasteiger partial charge is 0.394 e. The Kier molecular flexibility index (Phi) is 11.4. The van der Waals surface area contributed by atoms with Crippen molar-refractivity contribution < 1.29 is 64.9 Å². The molecule has 7 rings (SSSR count). The van der Waals surface area contributed by atoms with Crippen molar-refractivity contribution in [2.24, 2.45) is 57.2 Å². The van der Waals surface area contributed by atoms with Crippen molar-refractivity contribution >= 4 is 0 Å². The van der Waals surface area contributed by atoms with E-state index in [-0.39, 0.29) is 39.9 Å². The number of hydrogen-bond donors (Lipinski definition) is 9. The smallest absolute Gasteiger partial charge is 0.187 e. The second-order valence-electron chi connectivity index (χ2n) is 20.8. The van der Waals surface area contributed by atoms with Gasteiger partial charge in [0, 0.05) is 0 Å². The predicted molar refractivity (Wildman–Crippen MR) is 203 cm³/mol. The van der Waals surface area contributed by atoms with Gasteiger partial charge in [-0.2, -0.15) is 0 Å². The lowest BCUT2D eigenvalue weighted by molar-refractivity contribution is -0.378. The summed E-state index contributed by atoms with van der Waals surface area (Å²) >= 11 is 0. The average molecular weight is 797 g/mol. The molecule has 0 amide bonds. The van der Waals surface area contributed by atoms with E-state index in [0.29, 0.717) is 24.7 Å². The molecule has 6 fully saturated rings. The molecule has 22 atom stereocenters. The van der Waals surface area contributed by atoms with Crippen molar-refractivity contribution in [3.8, 4) is 0 Å². The van der Waals surface area contributed by atoms with E-state index in [1.807, 2.05) is 6.92 Å². The van der Waals surface area contributed by atoms with E-state index in [1.54, 1.807) is 0 Å². The lowest BCUT2D eigenvalue weighted by Crippen LogP contribution is -2.67. The molecule has 0 radical (unpaired) electrons. The summed E-state index contributed by atoms with van der Waals surface area (Å²) in [5.74, 6) is 1.50. The fourth-order valence-corrected chi connectivity index (χ4v) is 14.2. The maximum absolute atomic E-state index is 12.4. The number of ether oxygens (including phenoxy) is 4. The van der Waals surface area contributed by atoms with Crippen LogP contribution in [0.15, 0.2) is 11.1 Å². The van der Waals surface area contributed by atoms with E-state index in [1.165, 1.54) is 0 Å². The average Bonchev–Trinajstić information content (AvgIpc) is 3.14. The Morgan fingerprint density at radius 3 is 1.88 bits per heavy atom. The van der Waals surface area contributed by atoms with Crippen LogP contribution in [0.25, 0.3) is 0 Å². The van der Waals surface area contributed by atoms with Gasteiger partial charge in [-0.05, 0) is 120 Å². The highest BCUT2D eigenvalue weighted by Crippen LogP contribution is 2.75. The van der Waals surface area contributed by atoms with Gasteiger partial charge in [-0.3, -0.25) is 0 Å². The Balaban J connectivity index is 1.17. The van der Waals surface area contributed by atoms with Crippen molar-refractivity contribution in [3.63, 3.8) is 0 Å². The molecule has 0 bridgehead atoms. The number of fused-ring (bicyclic) bond motifs is 6. The van der Waals surface area contributed by atoms with Gasteiger partial charge in [-0.15, -0.1) is 0 Å². The minimum atomic E-state index is -1.75. The molecule has 4 unspecified atom stereocenters. The third-order valence-corrected chi connectivity index (χ3v) is 18.2. The van der Waals surface area contributed by atoms with Crippen LogP contribution in [0.3, 0.4) is 0 Å². The van der Waals surface area contributed by atoms with Gasteiger partial charge in [0.25, 0.3) is 0 Å². The standard InChI is InChI=1S/C43H72O13/c1-19-20(2)22-10-14-42(8)30(29(22)43(9,52)21(19)3)23(46)16-27-40(6)13-12-28(39(4,5)26(40)11-15-41(27,42)7)55-38-36(34(50)32(48)25(18-45)54-38)56-37-35(51)33(49)31(47)24(17-44)53-37/h19-28,31-38,44-52H,10-18H2,1-9H3/t19-,20+,21+,22?,23-,24+,25+,26?,27?,28?,31+,32+,33-,34-,35+,36+,37-,38-,40-,41+,42+,43+/m0/s1. The molecule has 2 aliphatic heterocycles. The molecular formula is C43H72O13. The summed E-state index contributed by atoms with van der Waals surface area (Å²) in [4.78, 5) is 0. The summed E-state index contributed by atoms with van der Waals surface area (Å²) in [6.45, 7) is 19.1. The third-order valence-electron chi connectivity index (χ3n) is 18.2. The van der Waals surface area contributed by atoms with E-state index in [4.69, 9.17) is 18.9 Å². The van der Waals surface area contributed by atoms with Crippen LogP contribution in [0.1, 0.15) is 107 Å². The Labute approximate surface area is 332 Å². The van der Waals surface area contributed by atoms with Gasteiger partial charge in [0.2, 0.25) is 0 Å². The highest BCUT2D eigenvalue weighted by molar-refractivity contribution is 5.42. The van der Waals surface area contributed by atoms with Gasteiger partial charge >= 0.3 is 0 Å². The van der Waals surface area contributed by atoms with Crippen molar-refractivity contribution in [2.45, 2.75) is 186 Å². The third kappa shape index (κ3) is 6.10. The normalized spacial score (nSPS) is 57.1. The molecule has 56 heavy (non-hydrogen) atoms. The molecule has 13 heteroatoms.